The number of hydrogen-bond donors (Lipinski definition) is 1. The molecule has 7 heteroatoms. The summed E-state index contributed by atoms with van der Waals surface area (Å²) >= 11 is 6.02. The van der Waals surface area contributed by atoms with E-state index in [4.69, 9.17) is 16.3 Å². The van der Waals surface area contributed by atoms with Crippen LogP contribution in [0, 0.1) is 0 Å². The number of aryl methyl sites for hydroxylation is 1. The van der Waals surface area contributed by atoms with Gasteiger partial charge >= 0.3 is 0 Å². The lowest BCUT2D eigenvalue weighted by Crippen LogP contribution is -2.46. The zero-order valence-corrected chi connectivity index (χ0v) is 12.7. The van der Waals surface area contributed by atoms with Crippen LogP contribution in [0.15, 0.2) is 6.20 Å². The van der Waals surface area contributed by atoms with E-state index in [1.165, 1.54) is 6.20 Å². The maximum absolute atomic E-state index is 12.3. The first kappa shape index (κ1) is 15.3. The number of amides is 1. The predicted molar refractivity (Wildman–Crippen MR) is 77.1 cm³/mol. The van der Waals surface area contributed by atoms with Gasteiger partial charge in [0.1, 0.15) is 5.69 Å². The second kappa shape index (κ2) is 7.06. The number of carbonyl (C=O) groups excluding carboxylic acids is 1. The van der Waals surface area contributed by atoms with E-state index in [0.29, 0.717) is 17.3 Å². The maximum atomic E-state index is 12.3. The highest BCUT2D eigenvalue weighted by Crippen LogP contribution is 2.15. The summed E-state index contributed by atoms with van der Waals surface area (Å²) in [4.78, 5) is 14.5. The molecule has 0 radical (unpaired) electrons. The minimum Gasteiger partial charge on any atom is -0.379 e. The van der Waals surface area contributed by atoms with E-state index in [-0.39, 0.29) is 11.9 Å². The third-order valence-corrected chi connectivity index (χ3v) is 3.60. The van der Waals surface area contributed by atoms with Gasteiger partial charge in [-0.15, -0.1) is 0 Å². The molecule has 112 valence electrons. The largest absolute Gasteiger partial charge is 0.379 e. The highest BCUT2D eigenvalue weighted by atomic mass is 35.5. The summed E-state index contributed by atoms with van der Waals surface area (Å²) in [7, 11) is 0. The molecule has 20 heavy (non-hydrogen) atoms. The van der Waals surface area contributed by atoms with Crippen LogP contribution >= 0.6 is 11.6 Å². The maximum Gasteiger partial charge on any atom is 0.271 e. The summed E-state index contributed by atoms with van der Waals surface area (Å²) in [6.07, 6.45) is 1.51. The summed E-state index contributed by atoms with van der Waals surface area (Å²) in [5, 5.41) is 7.45. The fourth-order valence-electron chi connectivity index (χ4n) is 2.34. The van der Waals surface area contributed by atoms with Crippen LogP contribution in [0.5, 0.6) is 0 Å². The fraction of sp³-hybridized carbons (Fsp3) is 0.692. The molecular formula is C13H21ClN4O2. The van der Waals surface area contributed by atoms with Crippen molar-refractivity contribution >= 4 is 17.5 Å². The quantitative estimate of drug-likeness (QED) is 0.881. The van der Waals surface area contributed by atoms with E-state index in [0.717, 1.165) is 32.8 Å². The molecule has 1 atom stereocenters. The molecule has 2 heterocycles. The molecule has 0 saturated carbocycles. The minimum atomic E-state index is -0.171. The molecule has 0 spiro atoms. The van der Waals surface area contributed by atoms with E-state index >= 15 is 0 Å². The van der Waals surface area contributed by atoms with E-state index in [1.807, 2.05) is 13.8 Å². The van der Waals surface area contributed by atoms with Crippen LogP contribution in [0.25, 0.3) is 0 Å². The number of hydrogen-bond acceptors (Lipinski definition) is 4. The monoisotopic (exact) mass is 300 g/mol. The summed E-state index contributed by atoms with van der Waals surface area (Å²) in [5.41, 5.74) is 0.433. The van der Waals surface area contributed by atoms with Crippen molar-refractivity contribution in [1.29, 1.82) is 0 Å². The number of aromatic nitrogens is 2. The average Bonchev–Trinajstić information content (AvgIpc) is 2.80. The number of morpholine rings is 1. The Labute approximate surface area is 124 Å². The standard InChI is InChI=1S/C13H21ClN4O2/c1-3-18-12(11(14)8-15-18)13(19)16-10(2)9-17-4-6-20-7-5-17/h8,10H,3-7,9H2,1-2H3,(H,16,19). The van der Waals surface area contributed by atoms with Crippen molar-refractivity contribution in [3.63, 3.8) is 0 Å². The van der Waals surface area contributed by atoms with E-state index < -0.39 is 0 Å². The Kier molecular flexibility index (Phi) is 5.39. The number of nitrogens with zero attached hydrogens (tertiary/aromatic N) is 3. The van der Waals surface area contributed by atoms with Gasteiger partial charge in [0.25, 0.3) is 5.91 Å². The van der Waals surface area contributed by atoms with Crippen molar-refractivity contribution in [3.05, 3.63) is 16.9 Å². The van der Waals surface area contributed by atoms with Gasteiger partial charge in [-0.05, 0) is 13.8 Å². The zero-order valence-electron chi connectivity index (χ0n) is 11.9. The Bertz CT molecular complexity index is 457. The van der Waals surface area contributed by atoms with Gasteiger partial charge in [0.2, 0.25) is 0 Å². The SMILES string of the molecule is CCn1ncc(Cl)c1C(=O)NC(C)CN1CCOCC1. The Balaban J connectivity index is 1.91. The van der Waals surface area contributed by atoms with Gasteiger partial charge in [0, 0.05) is 32.2 Å². The summed E-state index contributed by atoms with van der Waals surface area (Å²) in [6, 6.07) is 0.0527. The Morgan fingerprint density at radius 2 is 2.25 bits per heavy atom. The van der Waals surface area contributed by atoms with E-state index in [2.05, 4.69) is 15.3 Å². The van der Waals surface area contributed by atoms with Crippen LogP contribution in [0.3, 0.4) is 0 Å². The van der Waals surface area contributed by atoms with Crippen LogP contribution < -0.4 is 5.32 Å². The molecular weight excluding hydrogens is 280 g/mol. The van der Waals surface area contributed by atoms with Gasteiger partial charge < -0.3 is 10.1 Å². The van der Waals surface area contributed by atoms with Crippen LogP contribution in [0.2, 0.25) is 5.02 Å². The van der Waals surface area contributed by atoms with Crippen molar-refractivity contribution in [2.75, 3.05) is 32.8 Å². The predicted octanol–water partition coefficient (Wildman–Crippen LogP) is 1.01. The molecule has 1 saturated heterocycles. The molecule has 1 aliphatic heterocycles. The van der Waals surface area contributed by atoms with Crippen molar-refractivity contribution in [2.24, 2.45) is 0 Å². The van der Waals surface area contributed by atoms with E-state index in [1.54, 1.807) is 4.68 Å². The molecule has 1 aromatic heterocycles. The summed E-state index contributed by atoms with van der Waals surface area (Å²) in [6.45, 7) is 8.69. The molecule has 6 nitrogen and oxygen atoms in total. The first-order chi connectivity index (χ1) is 9.61. The van der Waals surface area contributed by atoms with Crippen LogP contribution in [-0.4, -0.2) is 59.5 Å². The smallest absolute Gasteiger partial charge is 0.271 e. The fourth-order valence-corrected chi connectivity index (χ4v) is 2.56. The van der Waals surface area contributed by atoms with Crippen molar-refractivity contribution in [3.8, 4) is 0 Å². The van der Waals surface area contributed by atoms with Gasteiger partial charge in [-0.1, -0.05) is 11.6 Å². The number of carbonyl (C=O) groups is 1. The lowest BCUT2D eigenvalue weighted by Gasteiger charge is -2.29. The number of rotatable bonds is 5. The van der Waals surface area contributed by atoms with Crippen molar-refractivity contribution in [2.45, 2.75) is 26.4 Å². The Morgan fingerprint density at radius 1 is 1.55 bits per heavy atom. The Hall–Kier alpha value is -1.11. The average molecular weight is 301 g/mol. The molecule has 1 fully saturated rings. The van der Waals surface area contributed by atoms with Crippen LogP contribution in [0.1, 0.15) is 24.3 Å². The van der Waals surface area contributed by atoms with Gasteiger partial charge in [-0.3, -0.25) is 14.4 Å². The number of nitrogens with one attached hydrogen (secondary N) is 1. The lowest BCUT2D eigenvalue weighted by molar-refractivity contribution is 0.0342. The number of halogens is 1. The molecule has 1 amide bonds. The van der Waals surface area contributed by atoms with E-state index in [9.17, 15) is 4.79 Å². The molecule has 1 aromatic rings. The molecule has 0 aliphatic carbocycles. The van der Waals surface area contributed by atoms with Crippen LogP contribution in [0.4, 0.5) is 0 Å². The van der Waals surface area contributed by atoms with Crippen LogP contribution in [-0.2, 0) is 11.3 Å². The lowest BCUT2D eigenvalue weighted by atomic mass is 10.2. The molecule has 1 aliphatic rings. The highest BCUT2D eigenvalue weighted by molar-refractivity contribution is 6.33. The van der Waals surface area contributed by atoms with Gasteiger partial charge in [-0.25, -0.2) is 0 Å². The first-order valence-corrected chi connectivity index (χ1v) is 7.32. The highest BCUT2D eigenvalue weighted by Gasteiger charge is 2.20. The van der Waals surface area contributed by atoms with Gasteiger partial charge in [0.05, 0.1) is 24.4 Å². The molecule has 0 aromatic carbocycles. The normalized spacial score (nSPS) is 17.9. The molecule has 1 N–H and O–H groups in total. The summed E-state index contributed by atoms with van der Waals surface area (Å²) in [5.74, 6) is -0.171. The minimum absolute atomic E-state index is 0.0527. The second-order valence-corrected chi connectivity index (χ2v) is 5.35. The third kappa shape index (κ3) is 3.71. The first-order valence-electron chi connectivity index (χ1n) is 6.94. The molecule has 1 unspecified atom stereocenters. The number of ether oxygens (including phenoxy) is 1. The second-order valence-electron chi connectivity index (χ2n) is 4.94. The molecule has 2 rings (SSSR count). The Morgan fingerprint density at radius 3 is 2.90 bits per heavy atom. The van der Waals surface area contributed by atoms with Crippen molar-refractivity contribution < 1.29 is 9.53 Å². The summed E-state index contributed by atoms with van der Waals surface area (Å²) < 4.78 is 6.92. The third-order valence-electron chi connectivity index (χ3n) is 3.32. The zero-order chi connectivity index (χ0) is 14.5. The van der Waals surface area contributed by atoms with Gasteiger partial charge in [-0.2, -0.15) is 5.10 Å². The molecule has 0 bridgehead atoms. The topological polar surface area (TPSA) is 59.4 Å². The van der Waals surface area contributed by atoms with Crippen molar-refractivity contribution in [1.82, 2.24) is 20.0 Å². The van der Waals surface area contributed by atoms with Gasteiger partial charge in [0.15, 0.2) is 0 Å².